The minimum absolute atomic E-state index is 0.0131. The molecule has 0 aliphatic carbocycles. The van der Waals surface area contributed by atoms with E-state index < -0.39 is 5.97 Å². The molecule has 0 saturated heterocycles. The third-order valence-electron chi connectivity index (χ3n) is 4.64. The summed E-state index contributed by atoms with van der Waals surface area (Å²) in [7, 11) is 0. The number of esters is 1. The SMILES string of the molecule is Cc1cc(C(=O)OCC(=O)c2cc(C)n(-c3ccc(C)c(C)c3)c2C)on1. The van der Waals surface area contributed by atoms with Crippen molar-refractivity contribution in [2.24, 2.45) is 0 Å². The van der Waals surface area contributed by atoms with Gasteiger partial charge in [-0.2, -0.15) is 0 Å². The number of nitrogens with zero attached hydrogens (tertiary/aromatic N) is 2. The van der Waals surface area contributed by atoms with Gasteiger partial charge in [0.05, 0.1) is 5.69 Å². The minimum Gasteiger partial charge on any atom is -0.451 e. The summed E-state index contributed by atoms with van der Waals surface area (Å²) in [6.07, 6.45) is 0. The topological polar surface area (TPSA) is 74.3 Å². The Morgan fingerprint density at radius 1 is 1.04 bits per heavy atom. The second-order valence-electron chi connectivity index (χ2n) is 6.72. The molecule has 0 fully saturated rings. The summed E-state index contributed by atoms with van der Waals surface area (Å²) in [5.74, 6) is -0.976. The Morgan fingerprint density at radius 2 is 1.78 bits per heavy atom. The first-order chi connectivity index (χ1) is 12.8. The summed E-state index contributed by atoms with van der Waals surface area (Å²) < 4.78 is 11.9. The number of rotatable bonds is 5. The molecule has 0 N–H and O–H groups in total. The molecule has 0 amide bonds. The maximum atomic E-state index is 12.6. The molecule has 0 aliphatic rings. The molecule has 6 nitrogen and oxygen atoms in total. The lowest BCUT2D eigenvalue weighted by Gasteiger charge is -2.12. The highest BCUT2D eigenvalue weighted by atomic mass is 16.6. The van der Waals surface area contributed by atoms with Crippen LogP contribution in [0.4, 0.5) is 0 Å². The van der Waals surface area contributed by atoms with E-state index in [1.54, 1.807) is 6.92 Å². The molecule has 2 aromatic heterocycles. The van der Waals surface area contributed by atoms with Crippen LogP contribution in [0.2, 0.25) is 0 Å². The van der Waals surface area contributed by atoms with Gasteiger partial charge in [-0.3, -0.25) is 4.79 Å². The Hall–Kier alpha value is -3.15. The van der Waals surface area contributed by atoms with Crippen LogP contribution >= 0.6 is 0 Å². The Labute approximate surface area is 157 Å². The Bertz CT molecular complexity index is 1030. The largest absolute Gasteiger partial charge is 0.451 e. The quantitative estimate of drug-likeness (QED) is 0.503. The fraction of sp³-hybridized carbons (Fsp3) is 0.286. The molecule has 3 aromatic rings. The van der Waals surface area contributed by atoms with Crippen LogP contribution in [-0.2, 0) is 4.74 Å². The maximum absolute atomic E-state index is 12.6. The minimum atomic E-state index is -0.702. The summed E-state index contributed by atoms with van der Waals surface area (Å²) in [6.45, 7) is 9.31. The first-order valence-electron chi connectivity index (χ1n) is 8.68. The van der Waals surface area contributed by atoms with Gasteiger partial charge in [-0.1, -0.05) is 11.2 Å². The summed E-state index contributed by atoms with van der Waals surface area (Å²) in [6, 6.07) is 9.47. The lowest BCUT2D eigenvalue weighted by molar-refractivity contribution is 0.0435. The highest BCUT2D eigenvalue weighted by Gasteiger charge is 2.20. The van der Waals surface area contributed by atoms with Crippen molar-refractivity contribution in [3.05, 3.63) is 69.9 Å². The number of aryl methyl sites for hydroxylation is 4. The Balaban J connectivity index is 1.80. The zero-order chi connectivity index (χ0) is 19.7. The highest BCUT2D eigenvalue weighted by molar-refractivity contribution is 6.00. The molecule has 0 spiro atoms. The molecule has 0 unspecified atom stereocenters. The normalized spacial score (nSPS) is 10.9. The monoisotopic (exact) mass is 366 g/mol. The van der Waals surface area contributed by atoms with E-state index in [4.69, 9.17) is 9.26 Å². The smallest absolute Gasteiger partial charge is 0.377 e. The Kier molecular flexibility index (Phi) is 4.99. The molecule has 0 saturated carbocycles. The molecular formula is C21H22N2O4. The van der Waals surface area contributed by atoms with Crippen LogP contribution < -0.4 is 0 Å². The van der Waals surface area contributed by atoms with Gasteiger partial charge in [-0.15, -0.1) is 0 Å². The van der Waals surface area contributed by atoms with E-state index in [-0.39, 0.29) is 18.2 Å². The van der Waals surface area contributed by atoms with Crippen LogP contribution in [0.1, 0.15) is 49.1 Å². The van der Waals surface area contributed by atoms with Gasteiger partial charge < -0.3 is 13.8 Å². The van der Waals surface area contributed by atoms with E-state index in [0.717, 1.165) is 17.1 Å². The van der Waals surface area contributed by atoms with Crippen LogP contribution in [0, 0.1) is 34.6 Å². The van der Waals surface area contributed by atoms with Crippen molar-refractivity contribution in [2.75, 3.05) is 6.61 Å². The van der Waals surface area contributed by atoms with Crippen LogP contribution in [-0.4, -0.2) is 28.1 Å². The van der Waals surface area contributed by atoms with Crippen molar-refractivity contribution in [1.29, 1.82) is 0 Å². The number of Topliss-reactive ketones (excluding diaryl/α,β-unsaturated/α-hetero) is 1. The molecule has 2 heterocycles. The molecule has 0 bridgehead atoms. The van der Waals surface area contributed by atoms with Gasteiger partial charge in [0.1, 0.15) is 0 Å². The highest BCUT2D eigenvalue weighted by Crippen LogP contribution is 2.23. The Morgan fingerprint density at radius 3 is 2.41 bits per heavy atom. The summed E-state index contributed by atoms with van der Waals surface area (Å²) in [5.41, 5.74) is 6.26. The first-order valence-corrected chi connectivity index (χ1v) is 8.68. The van der Waals surface area contributed by atoms with E-state index >= 15 is 0 Å². The van der Waals surface area contributed by atoms with Crippen LogP contribution in [0.3, 0.4) is 0 Å². The molecule has 140 valence electrons. The predicted octanol–water partition coefficient (Wildman–Crippen LogP) is 4.05. The zero-order valence-corrected chi connectivity index (χ0v) is 16.1. The standard InChI is InChI=1S/C21H22N2O4/c1-12-6-7-17(8-13(12)2)23-15(4)10-18(16(23)5)19(24)11-26-21(25)20-9-14(3)22-27-20/h6-10H,11H2,1-5H3. The number of ether oxygens (including phenoxy) is 1. The van der Waals surface area contributed by atoms with Gasteiger partial charge in [-0.25, -0.2) is 4.79 Å². The first kappa shape index (κ1) is 18.6. The van der Waals surface area contributed by atoms with Crippen molar-refractivity contribution < 1.29 is 18.8 Å². The molecule has 6 heteroatoms. The molecular weight excluding hydrogens is 344 g/mol. The summed E-state index contributed by atoms with van der Waals surface area (Å²) in [5, 5.41) is 3.63. The van der Waals surface area contributed by atoms with E-state index in [9.17, 15) is 9.59 Å². The van der Waals surface area contributed by atoms with Gasteiger partial charge >= 0.3 is 5.97 Å². The number of hydrogen-bond acceptors (Lipinski definition) is 5. The van der Waals surface area contributed by atoms with Gasteiger partial charge in [0.15, 0.2) is 6.61 Å². The van der Waals surface area contributed by atoms with Gasteiger partial charge in [0.25, 0.3) is 0 Å². The van der Waals surface area contributed by atoms with Crippen molar-refractivity contribution in [3.8, 4) is 5.69 Å². The molecule has 1 aromatic carbocycles. The zero-order valence-electron chi connectivity index (χ0n) is 16.1. The number of carbonyl (C=O) groups is 2. The lowest BCUT2D eigenvalue weighted by atomic mass is 10.1. The van der Waals surface area contributed by atoms with Crippen molar-refractivity contribution in [2.45, 2.75) is 34.6 Å². The molecule has 27 heavy (non-hydrogen) atoms. The average molecular weight is 366 g/mol. The predicted molar refractivity (Wildman–Crippen MR) is 101 cm³/mol. The summed E-state index contributed by atoms with van der Waals surface area (Å²) in [4.78, 5) is 24.5. The van der Waals surface area contributed by atoms with Gasteiger partial charge in [0.2, 0.25) is 11.5 Å². The van der Waals surface area contributed by atoms with Crippen LogP contribution in [0.15, 0.2) is 34.9 Å². The van der Waals surface area contributed by atoms with Gasteiger partial charge in [0, 0.05) is 28.7 Å². The van der Waals surface area contributed by atoms with E-state index in [0.29, 0.717) is 11.3 Å². The van der Waals surface area contributed by atoms with E-state index in [1.807, 2.05) is 30.5 Å². The number of ketones is 1. The van der Waals surface area contributed by atoms with Gasteiger partial charge in [-0.05, 0) is 63.9 Å². The lowest BCUT2D eigenvalue weighted by Crippen LogP contribution is -2.14. The number of benzene rings is 1. The van der Waals surface area contributed by atoms with E-state index in [2.05, 4.69) is 31.1 Å². The van der Waals surface area contributed by atoms with Crippen molar-refractivity contribution in [1.82, 2.24) is 9.72 Å². The van der Waals surface area contributed by atoms with Crippen molar-refractivity contribution >= 4 is 11.8 Å². The summed E-state index contributed by atoms with van der Waals surface area (Å²) >= 11 is 0. The third kappa shape index (κ3) is 3.69. The van der Waals surface area contributed by atoms with E-state index in [1.165, 1.54) is 17.2 Å². The molecule has 0 aliphatic heterocycles. The maximum Gasteiger partial charge on any atom is 0.377 e. The molecule has 0 atom stereocenters. The number of carbonyl (C=O) groups excluding carboxylic acids is 2. The van der Waals surface area contributed by atoms with Crippen molar-refractivity contribution in [3.63, 3.8) is 0 Å². The fourth-order valence-electron chi connectivity index (χ4n) is 3.05. The second-order valence-corrected chi connectivity index (χ2v) is 6.72. The second kappa shape index (κ2) is 7.23. The average Bonchev–Trinajstić information content (AvgIpc) is 3.18. The molecule has 0 radical (unpaired) electrons. The van der Waals surface area contributed by atoms with Crippen LogP contribution in [0.5, 0.6) is 0 Å². The third-order valence-corrected chi connectivity index (χ3v) is 4.64. The van der Waals surface area contributed by atoms with Crippen LogP contribution in [0.25, 0.3) is 5.69 Å². The number of hydrogen-bond donors (Lipinski definition) is 0. The fourth-order valence-corrected chi connectivity index (χ4v) is 3.05. The molecule has 3 rings (SSSR count). The number of aromatic nitrogens is 2.